The Hall–Kier alpha value is -1.77. The molecule has 1 heterocycles. The van der Waals surface area contributed by atoms with Crippen LogP contribution in [0.15, 0.2) is 24.4 Å². The van der Waals surface area contributed by atoms with Gasteiger partial charge in [-0.15, -0.1) is 0 Å². The van der Waals surface area contributed by atoms with E-state index in [0.29, 0.717) is 5.56 Å². The Kier molecular flexibility index (Phi) is 4.76. The number of nitrogens with one attached hydrogen (secondary N) is 1. The fourth-order valence-electron chi connectivity index (χ4n) is 1.72. The Morgan fingerprint density at radius 1 is 1.35 bits per heavy atom. The van der Waals surface area contributed by atoms with E-state index in [1.807, 2.05) is 32.2 Å². The molecule has 0 atom stereocenters. The highest BCUT2D eigenvalue weighted by Gasteiger charge is 2.08. The molecule has 0 fully saturated rings. The van der Waals surface area contributed by atoms with Gasteiger partial charge in [-0.2, -0.15) is 0 Å². The van der Waals surface area contributed by atoms with Crippen molar-refractivity contribution < 1.29 is 9.53 Å². The Labute approximate surface area is 102 Å². The number of fused-ring (bicyclic) bond motifs is 1. The van der Waals surface area contributed by atoms with E-state index in [4.69, 9.17) is 0 Å². The van der Waals surface area contributed by atoms with Crippen LogP contribution in [0.4, 0.5) is 0 Å². The van der Waals surface area contributed by atoms with E-state index < -0.39 is 0 Å². The van der Waals surface area contributed by atoms with Gasteiger partial charge >= 0.3 is 5.97 Å². The quantitative estimate of drug-likeness (QED) is 0.806. The van der Waals surface area contributed by atoms with Crippen molar-refractivity contribution in [2.75, 3.05) is 7.11 Å². The van der Waals surface area contributed by atoms with Crippen LogP contribution in [0.5, 0.6) is 0 Å². The van der Waals surface area contributed by atoms with Crippen molar-refractivity contribution in [3.05, 3.63) is 35.5 Å². The van der Waals surface area contributed by atoms with Gasteiger partial charge < -0.3 is 9.72 Å². The zero-order valence-electron chi connectivity index (χ0n) is 10.8. The molecule has 0 saturated heterocycles. The van der Waals surface area contributed by atoms with Crippen molar-refractivity contribution >= 4 is 16.9 Å². The van der Waals surface area contributed by atoms with E-state index in [2.05, 4.69) is 16.6 Å². The monoisotopic (exact) mass is 233 g/mol. The van der Waals surface area contributed by atoms with Crippen LogP contribution in [0.3, 0.4) is 0 Å². The molecule has 0 unspecified atom stereocenters. The predicted molar refractivity (Wildman–Crippen MR) is 70.4 cm³/mol. The molecule has 0 bridgehead atoms. The van der Waals surface area contributed by atoms with Gasteiger partial charge in [-0.25, -0.2) is 4.79 Å². The summed E-state index contributed by atoms with van der Waals surface area (Å²) in [7, 11) is 1.39. The number of methoxy groups -OCH3 is 1. The maximum Gasteiger partial charge on any atom is 0.337 e. The molecule has 0 saturated carbocycles. The zero-order chi connectivity index (χ0) is 12.8. The fourth-order valence-corrected chi connectivity index (χ4v) is 1.72. The lowest BCUT2D eigenvalue weighted by Gasteiger charge is -1.99. The Balaban J connectivity index is 0.000000686. The molecule has 3 heteroatoms. The van der Waals surface area contributed by atoms with Crippen molar-refractivity contribution in [3.8, 4) is 0 Å². The van der Waals surface area contributed by atoms with Gasteiger partial charge in [-0.1, -0.05) is 26.8 Å². The molecule has 1 aromatic carbocycles. The SMILES string of the molecule is CC.CCc1c[nH]c2cc(C(=O)OC)ccc12. The molecule has 1 aromatic heterocycles. The summed E-state index contributed by atoms with van der Waals surface area (Å²) in [5, 5.41) is 1.17. The molecule has 0 radical (unpaired) electrons. The number of aromatic amines is 1. The van der Waals surface area contributed by atoms with Crippen LogP contribution in [0.2, 0.25) is 0 Å². The second-order valence-corrected chi connectivity index (χ2v) is 3.42. The van der Waals surface area contributed by atoms with Gasteiger partial charge in [-0.3, -0.25) is 0 Å². The lowest BCUT2D eigenvalue weighted by atomic mass is 10.1. The van der Waals surface area contributed by atoms with E-state index >= 15 is 0 Å². The first-order valence-electron chi connectivity index (χ1n) is 5.94. The van der Waals surface area contributed by atoms with Crippen molar-refractivity contribution in [2.24, 2.45) is 0 Å². The first-order valence-corrected chi connectivity index (χ1v) is 5.94. The van der Waals surface area contributed by atoms with Crippen LogP contribution in [0.1, 0.15) is 36.7 Å². The number of hydrogen-bond acceptors (Lipinski definition) is 2. The number of aryl methyl sites for hydroxylation is 1. The minimum Gasteiger partial charge on any atom is -0.465 e. The second-order valence-electron chi connectivity index (χ2n) is 3.42. The van der Waals surface area contributed by atoms with Crippen LogP contribution in [-0.2, 0) is 11.2 Å². The first-order chi connectivity index (χ1) is 8.26. The van der Waals surface area contributed by atoms with Crippen LogP contribution >= 0.6 is 0 Å². The Bertz CT molecular complexity index is 500. The minimum atomic E-state index is -0.301. The summed E-state index contributed by atoms with van der Waals surface area (Å²) in [6, 6.07) is 5.57. The summed E-state index contributed by atoms with van der Waals surface area (Å²) in [4.78, 5) is 14.4. The smallest absolute Gasteiger partial charge is 0.337 e. The molecule has 2 rings (SSSR count). The normalized spacial score (nSPS) is 9.65. The predicted octanol–water partition coefficient (Wildman–Crippen LogP) is 3.54. The van der Waals surface area contributed by atoms with Crippen LogP contribution in [-0.4, -0.2) is 18.1 Å². The first kappa shape index (κ1) is 13.3. The fraction of sp³-hybridized carbons (Fsp3) is 0.357. The van der Waals surface area contributed by atoms with Crippen LogP contribution in [0.25, 0.3) is 10.9 Å². The average Bonchev–Trinajstić information content (AvgIpc) is 2.82. The summed E-state index contributed by atoms with van der Waals surface area (Å²) < 4.78 is 4.67. The number of benzene rings is 1. The van der Waals surface area contributed by atoms with Crippen molar-refractivity contribution in [3.63, 3.8) is 0 Å². The third-order valence-electron chi connectivity index (χ3n) is 2.57. The van der Waals surface area contributed by atoms with Crippen LogP contribution in [0, 0.1) is 0 Å². The maximum atomic E-state index is 11.3. The maximum absolute atomic E-state index is 11.3. The molecule has 3 nitrogen and oxygen atoms in total. The van der Waals surface area contributed by atoms with Crippen molar-refractivity contribution in [2.45, 2.75) is 27.2 Å². The Morgan fingerprint density at radius 3 is 2.65 bits per heavy atom. The number of hydrogen-bond donors (Lipinski definition) is 1. The highest BCUT2D eigenvalue weighted by Crippen LogP contribution is 2.20. The van der Waals surface area contributed by atoms with Gasteiger partial charge in [0.05, 0.1) is 12.7 Å². The second kappa shape index (κ2) is 6.09. The van der Waals surface area contributed by atoms with Crippen LogP contribution < -0.4 is 0 Å². The number of H-pyrrole nitrogens is 1. The number of esters is 1. The highest BCUT2D eigenvalue weighted by atomic mass is 16.5. The molecular weight excluding hydrogens is 214 g/mol. The summed E-state index contributed by atoms with van der Waals surface area (Å²) >= 11 is 0. The summed E-state index contributed by atoms with van der Waals surface area (Å²) in [5.74, 6) is -0.301. The average molecular weight is 233 g/mol. The molecule has 92 valence electrons. The lowest BCUT2D eigenvalue weighted by molar-refractivity contribution is 0.0601. The molecular formula is C14H19NO2. The number of ether oxygens (including phenoxy) is 1. The van der Waals surface area contributed by atoms with E-state index in [0.717, 1.165) is 11.9 Å². The summed E-state index contributed by atoms with van der Waals surface area (Å²) in [5.41, 5.74) is 2.82. The zero-order valence-corrected chi connectivity index (χ0v) is 10.8. The van der Waals surface area contributed by atoms with Gasteiger partial charge in [0.1, 0.15) is 0 Å². The third kappa shape index (κ3) is 2.67. The number of aromatic nitrogens is 1. The van der Waals surface area contributed by atoms with Gasteiger partial charge in [0, 0.05) is 17.1 Å². The molecule has 0 aliphatic rings. The number of carbonyl (C=O) groups excluding carboxylic acids is 1. The van der Waals surface area contributed by atoms with E-state index in [1.165, 1.54) is 18.1 Å². The molecule has 0 spiro atoms. The molecule has 2 aromatic rings. The minimum absolute atomic E-state index is 0.301. The summed E-state index contributed by atoms with van der Waals surface area (Å²) in [6.07, 6.45) is 2.96. The van der Waals surface area contributed by atoms with E-state index in [9.17, 15) is 4.79 Å². The van der Waals surface area contributed by atoms with E-state index in [-0.39, 0.29) is 5.97 Å². The number of carbonyl (C=O) groups is 1. The van der Waals surface area contributed by atoms with Crippen molar-refractivity contribution in [1.82, 2.24) is 4.98 Å². The Morgan fingerprint density at radius 2 is 2.06 bits per heavy atom. The topological polar surface area (TPSA) is 42.1 Å². The lowest BCUT2D eigenvalue weighted by Crippen LogP contribution is -2.00. The molecule has 1 N–H and O–H groups in total. The molecule has 0 aliphatic carbocycles. The number of rotatable bonds is 2. The van der Waals surface area contributed by atoms with Gasteiger partial charge in [0.15, 0.2) is 0 Å². The third-order valence-corrected chi connectivity index (χ3v) is 2.57. The molecule has 0 amide bonds. The van der Waals surface area contributed by atoms with Crippen molar-refractivity contribution in [1.29, 1.82) is 0 Å². The van der Waals surface area contributed by atoms with Gasteiger partial charge in [-0.05, 0) is 24.1 Å². The molecule has 0 aliphatic heterocycles. The standard InChI is InChI=1S/C12H13NO2.C2H6/c1-3-8-7-13-11-6-9(12(14)15-2)4-5-10(8)11;1-2/h4-7,13H,3H2,1-2H3;1-2H3. The van der Waals surface area contributed by atoms with E-state index in [1.54, 1.807) is 6.07 Å². The van der Waals surface area contributed by atoms with Gasteiger partial charge in [0.2, 0.25) is 0 Å². The summed E-state index contributed by atoms with van der Waals surface area (Å²) in [6.45, 7) is 6.11. The highest BCUT2D eigenvalue weighted by molar-refractivity contribution is 5.95. The molecule has 17 heavy (non-hydrogen) atoms. The van der Waals surface area contributed by atoms with Gasteiger partial charge in [0.25, 0.3) is 0 Å². The largest absolute Gasteiger partial charge is 0.465 e.